The van der Waals surface area contributed by atoms with E-state index in [0.29, 0.717) is 22.7 Å². The Morgan fingerprint density at radius 2 is 2.03 bits per heavy atom. The number of hydrogen-bond acceptors (Lipinski definition) is 7. The summed E-state index contributed by atoms with van der Waals surface area (Å²) >= 11 is 0. The Kier molecular flexibility index (Phi) is 6.51. The Morgan fingerprint density at radius 1 is 1.25 bits per heavy atom. The van der Waals surface area contributed by atoms with Crippen molar-refractivity contribution in [1.82, 2.24) is 30.1 Å². The molecule has 0 saturated heterocycles. The van der Waals surface area contributed by atoms with Crippen LogP contribution in [0.1, 0.15) is 48.4 Å². The van der Waals surface area contributed by atoms with Gasteiger partial charge in [-0.2, -0.15) is 18.9 Å². The van der Waals surface area contributed by atoms with Crippen molar-refractivity contribution in [1.29, 1.82) is 0 Å². The third-order valence-electron chi connectivity index (χ3n) is 5.03. The Morgan fingerprint density at radius 3 is 2.69 bits per heavy atom. The lowest BCUT2D eigenvalue weighted by atomic mass is 9.97. The lowest BCUT2D eigenvalue weighted by molar-refractivity contribution is 0.00431. The minimum atomic E-state index is -3.53. The van der Waals surface area contributed by atoms with Gasteiger partial charge in [-0.3, -0.25) is 4.79 Å². The van der Waals surface area contributed by atoms with Gasteiger partial charge in [-0.05, 0) is 18.1 Å². The molecule has 0 aliphatic carbocycles. The number of aliphatic hydroxyl groups excluding tert-OH is 1. The molecular formula is C24H21F3N6O3. The van der Waals surface area contributed by atoms with E-state index in [1.165, 1.54) is 35.2 Å². The van der Waals surface area contributed by atoms with E-state index in [4.69, 9.17) is 9.63 Å². The average molecular weight is 498 g/mol. The summed E-state index contributed by atoms with van der Waals surface area (Å²) in [5.41, 5.74) is 1.19. The van der Waals surface area contributed by atoms with Crippen LogP contribution in [0.15, 0.2) is 41.3 Å². The summed E-state index contributed by atoms with van der Waals surface area (Å²) in [7, 11) is 0. The SMILES string of the molecule is CC(C)(C)c1nc(C(=O)NCc2ccc(-c3ncnn4cc(C#CC(F)(F)CO)cc34)cc2F)no1. The van der Waals surface area contributed by atoms with Crippen LogP contribution < -0.4 is 5.32 Å². The third-order valence-corrected chi connectivity index (χ3v) is 5.03. The highest BCUT2D eigenvalue weighted by molar-refractivity contribution is 5.90. The molecule has 0 radical (unpaired) electrons. The van der Waals surface area contributed by atoms with Gasteiger partial charge in [0.1, 0.15) is 18.8 Å². The number of amides is 1. The summed E-state index contributed by atoms with van der Waals surface area (Å²) in [6, 6.07) is 5.83. The fourth-order valence-corrected chi connectivity index (χ4v) is 3.14. The van der Waals surface area contributed by atoms with Crippen molar-refractivity contribution in [2.24, 2.45) is 0 Å². The van der Waals surface area contributed by atoms with Crippen molar-refractivity contribution in [3.63, 3.8) is 0 Å². The molecular weight excluding hydrogens is 477 g/mol. The first-order chi connectivity index (χ1) is 17.0. The van der Waals surface area contributed by atoms with Crippen molar-refractivity contribution in [3.8, 4) is 23.1 Å². The molecule has 0 fully saturated rings. The Labute approximate surface area is 203 Å². The molecule has 3 aromatic heterocycles. The second-order valence-corrected chi connectivity index (χ2v) is 8.94. The molecule has 9 nitrogen and oxygen atoms in total. The van der Waals surface area contributed by atoms with E-state index in [1.54, 1.807) is 12.0 Å². The predicted molar refractivity (Wildman–Crippen MR) is 121 cm³/mol. The average Bonchev–Trinajstić information content (AvgIpc) is 3.49. The highest BCUT2D eigenvalue weighted by Gasteiger charge is 2.25. The predicted octanol–water partition coefficient (Wildman–Crippen LogP) is 3.13. The van der Waals surface area contributed by atoms with Crippen molar-refractivity contribution in [2.45, 2.75) is 38.7 Å². The van der Waals surface area contributed by atoms with Crippen LogP contribution in [0.3, 0.4) is 0 Å². The van der Waals surface area contributed by atoms with Gasteiger partial charge < -0.3 is 14.9 Å². The number of nitrogens with zero attached hydrogens (tertiary/aromatic N) is 5. The fourth-order valence-electron chi connectivity index (χ4n) is 3.14. The molecule has 0 aliphatic heterocycles. The van der Waals surface area contributed by atoms with Crippen LogP contribution in [0.2, 0.25) is 0 Å². The fraction of sp³-hybridized carbons (Fsp3) is 0.292. The summed E-state index contributed by atoms with van der Waals surface area (Å²) < 4.78 is 47.8. The summed E-state index contributed by atoms with van der Waals surface area (Å²) in [6.07, 6.45) is 2.66. The van der Waals surface area contributed by atoms with Crippen molar-refractivity contribution in [2.75, 3.05) is 6.61 Å². The Bertz CT molecular complexity index is 1490. The van der Waals surface area contributed by atoms with Crippen molar-refractivity contribution < 1.29 is 27.6 Å². The van der Waals surface area contributed by atoms with Crippen LogP contribution in [-0.2, 0) is 12.0 Å². The van der Waals surface area contributed by atoms with E-state index >= 15 is 0 Å². The number of fused-ring (bicyclic) bond motifs is 1. The standard InChI is InChI=1S/C24H21F3N6O3/c1-23(2,3)22-31-20(32-36-22)21(35)28-10-16-5-4-15(9-17(16)25)19-18-8-14(6-7-24(26,27)12-34)11-33(18)30-13-29-19/h4-5,8-9,11,13,34H,10,12H2,1-3H3,(H,28,35). The lowest BCUT2D eigenvalue weighted by Crippen LogP contribution is -2.24. The Balaban J connectivity index is 1.53. The summed E-state index contributed by atoms with van der Waals surface area (Å²) in [4.78, 5) is 20.6. The number of carbonyl (C=O) groups excluding carboxylic acids is 1. The number of alkyl halides is 2. The molecule has 0 atom stereocenters. The maximum atomic E-state index is 14.9. The van der Waals surface area contributed by atoms with Crippen LogP contribution in [-0.4, -0.2) is 48.3 Å². The van der Waals surface area contributed by atoms with E-state index in [2.05, 4.69) is 31.5 Å². The second kappa shape index (κ2) is 9.43. The van der Waals surface area contributed by atoms with Crippen LogP contribution in [0, 0.1) is 17.7 Å². The van der Waals surface area contributed by atoms with E-state index in [-0.39, 0.29) is 23.5 Å². The number of nitrogens with one attached hydrogen (secondary N) is 1. The number of carbonyl (C=O) groups is 1. The highest BCUT2D eigenvalue weighted by atomic mass is 19.3. The monoisotopic (exact) mass is 498 g/mol. The van der Waals surface area contributed by atoms with Gasteiger partial charge in [0.2, 0.25) is 5.89 Å². The molecule has 1 amide bonds. The van der Waals surface area contributed by atoms with E-state index < -0.39 is 29.7 Å². The van der Waals surface area contributed by atoms with Crippen molar-refractivity contribution >= 4 is 11.4 Å². The molecule has 2 N–H and O–H groups in total. The summed E-state index contributed by atoms with van der Waals surface area (Å²) in [5.74, 6) is -0.581. The lowest BCUT2D eigenvalue weighted by Gasteiger charge is -2.10. The molecule has 186 valence electrons. The zero-order chi connectivity index (χ0) is 26.1. The van der Waals surface area contributed by atoms with E-state index in [9.17, 15) is 18.0 Å². The number of aromatic nitrogens is 5. The minimum absolute atomic E-state index is 0.118. The molecule has 12 heteroatoms. The maximum Gasteiger partial charge on any atom is 0.330 e. The second-order valence-electron chi connectivity index (χ2n) is 8.94. The topological polar surface area (TPSA) is 118 Å². The zero-order valence-corrected chi connectivity index (χ0v) is 19.5. The first-order valence-electron chi connectivity index (χ1n) is 10.7. The molecule has 3 heterocycles. The largest absolute Gasteiger partial charge is 0.389 e. The van der Waals surface area contributed by atoms with Gasteiger partial charge in [0.25, 0.3) is 11.7 Å². The van der Waals surface area contributed by atoms with Crippen molar-refractivity contribution in [3.05, 3.63) is 65.4 Å². The quantitative estimate of drug-likeness (QED) is 0.406. The Hall–Kier alpha value is -4.24. The van der Waals surface area contributed by atoms with Crippen LogP contribution in [0.25, 0.3) is 16.8 Å². The molecule has 0 aliphatic rings. The third kappa shape index (κ3) is 5.36. The summed E-state index contributed by atoms with van der Waals surface area (Å²) in [5, 5.41) is 18.9. The van der Waals surface area contributed by atoms with Gasteiger partial charge in [0.05, 0.1) is 11.2 Å². The molecule has 0 saturated carbocycles. The normalized spacial score (nSPS) is 11.9. The highest BCUT2D eigenvalue weighted by Crippen LogP contribution is 2.25. The molecule has 36 heavy (non-hydrogen) atoms. The van der Waals surface area contributed by atoms with Gasteiger partial charge in [-0.1, -0.05) is 44.0 Å². The minimum Gasteiger partial charge on any atom is -0.389 e. The molecule has 4 rings (SSSR count). The number of halogens is 3. The molecule has 0 spiro atoms. The van der Waals surface area contributed by atoms with Gasteiger partial charge >= 0.3 is 5.92 Å². The van der Waals surface area contributed by atoms with E-state index in [1.807, 2.05) is 20.8 Å². The number of benzene rings is 1. The van der Waals surface area contributed by atoms with Crippen LogP contribution in [0.4, 0.5) is 13.2 Å². The number of hydrogen-bond donors (Lipinski definition) is 2. The van der Waals surface area contributed by atoms with Gasteiger partial charge in [-0.25, -0.2) is 13.9 Å². The molecule has 0 bridgehead atoms. The van der Waals surface area contributed by atoms with Gasteiger partial charge in [0.15, 0.2) is 0 Å². The van der Waals surface area contributed by atoms with Gasteiger partial charge in [0, 0.05) is 34.8 Å². The van der Waals surface area contributed by atoms with Crippen LogP contribution >= 0.6 is 0 Å². The van der Waals surface area contributed by atoms with Crippen LogP contribution in [0.5, 0.6) is 0 Å². The number of rotatable bonds is 5. The first kappa shape index (κ1) is 24.9. The summed E-state index contributed by atoms with van der Waals surface area (Å²) in [6.45, 7) is 4.08. The van der Waals surface area contributed by atoms with Gasteiger partial charge in [-0.15, -0.1) is 0 Å². The first-order valence-corrected chi connectivity index (χ1v) is 10.7. The molecule has 1 aromatic carbocycles. The molecule has 4 aromatic rings. The maximum absolute atomic E-state index is 14.9. The number of aliphatic hydroxyl groups is 1. The zero-order valence-electron chi connectivity index (χ0n) is 19.5. The smallest absolute Gasteiger partial charge is 0.330 e. The van der Waals surface area contributed by atoms with E-state index in [0.717, 1.165) is 0 Å². The molecule has 0 unspecified atom stereocenters.